The summed E-state index contributed by atoms with van der Waals surface area (Å²) in [6, 6.07) is 13.3. The molecule has 43 heavy (non-hydrogen) atoms. The number of nitrogens with zero attached hydrogens (tertiary/aromatic N) is 5. The molecule has 10 heteroatoms. The molecule has 1 aromatic carbocycles. The van der Waals surface area contributed by atoms with Gasteiger partial charge in [-0.1, -0.05) is 13.0 Å². The molecule has 4 aliphatic rings. The molecule has 1 unspecified atom stereocenters. The van der Waals surface area contributed by atoms with Gasteiger partial charge in [-0.25, -0.2) is 4.98 Å². The fraction of sp³-hybridized carbons (Fsp3) is 0.455. The number of nitrogens with one attached hydrogen (secondary N) is 2. The van der Waals surface area contributed by atoms with Crippen molar-refractivity contribution in [2.24, 2.45) is 0 Å². The normalized spacial score (nSPS) is 20.3. The van der Waals surface area contributed by atoms with E-state index in [2.05, 4.69) is 39.7 Å². The maximum Gasteiger partial charge on any atom is 0.270 e. The fourth-order valence-corrected chi connectivity index (χ4v) is 5.70. The Morgan fingerprint density at radius 1 is 1.09 bits per heavy atom. The van der Waals surface area contributed by atoms with Gasteiger partial charge in [-0.05, 0) is 92.8 Å². The number of hydrogen-bond donors (Lipinski definition) is 2. The van der Waals surface area contributed by atoms with Crippen molar-refractivity contribution in [1.82, 2.24) is 30.4 Å². The summed E-state index contributed by atoms with van der Waals surface area (Å²) >= 11 is 0. The Bertz CT molecular complexity index is 1820. The molecule has 218 valence electrons. The second-order valence-corrected chi connectivity index (χ2v) is 13.1. The third-order valence-corrected chi connectivity index (χ3v) is 9.35. The van der Waals surface area contributed by atoms with E-state index in [0.29, 0.717) is 41.4 Å². The van der Waals surface area contributed by atoms with Crippen molar-refractivity contribution in [2.75, 3.05) is 0 Å². The molecule has 8 rings (SSSR count). The third kappa shape index (κ3) is 5.07. The predicted molar refractivity (Wildman–Crippen MR) is 157 cm³/mol. The minimum Gasteiger partial charge on any atom is -0.441 e. The van der Waals surface area contributed by atoms with Crippen LogP contribution in [0.15, 0.2) is 47.0 Å². The maximum atomic E-state index is 13.7. The second kappa shape index (κ2) is 9.49. The number of fused-ring (bicyclic) bond motifs is 1. The van der Waals surface area contributed by atoms with Gasteiger partial charge in [0.05, 0.1) is 24.2 Å². The van der Waals surface area contributed by atoms with E-state index in [1.54, 1.807) is 0 Å². The van der Waals surface area contributed by atoms with E-state index in [4.69, 9.17) is 9.52 Å². The van der Waals surface area contributed by atoms with Crippen LogP contribution in [0.25, 0.3) is 22.2 Å². The summed E-state index contributed by atoms with van der Waals surface area (Å²) in [4.78, 5) is 36.4. The zero-order chi connectivity index (χ0) is 29.3. The van der Waals surface area contributed by atoms with E-state index in [0.717, 1.165) is 48.2 Å². The number of amides is 2. The third-order valence-electron chi connectivity index (χ3n) is 9.35. The Labute approximate surface area is 248 Å². The minimum absolute atomic E-state index is 0.0177. The Kier molecular flexibility index (Phi) is 5.77. The standard InChI is InChI=1S/C33H33N7O3/c1-32(9-10-32)28-17-26(40(39-28)22-5-6-22)31(42)37-25(30(41)38-33(18-34)11-12-33)16-29-36-23-7-4-20(15-27(23)43-29)21-8-13-35-24(14-21)19-2-3-19/h4,7-8,13-15,17,19,22,25H,2-3,5-6,9-12,16H2,1H3,(H,37,42)(H,38,41). The van der Waals surface area contributed by atoms with Crippen molar-refractivity contribution in [1.29, 1.82) is 5.26 Å². The van der Waals surface area contributed by atoms with Crippen LogP contribution in [0.5, 0.6) is 0 Å². The van der Waals surface area contributed by atoms with Crippen LogP contribution >= 0.6 is 0 Å². The number of carbonyl (C=O) groups is 2. The smallest absolute Gasteiger partial charge is 0.270 e. The average molecular weight is 576 g/mol. The van der Waals surface area contributed by atoms with E-state index in [-0.39, 0.29) is 23.8 Å². The van der Waals surface area contributed by atoms with Gasteiger partial charge >= 0.3 is 0 Å². The minimum atomic E-state index is -0.977. The number of oxazole rings is 1. The topological polar surface area (TPSA) is 139 Å². The van der Waals surface area contributed by atoms with Crippen LogP contribution in [0.1, 0.15) is 98.0 Å². The van der Waals surface area contributed by atoms with Crippen molar-refractivity contribution >= 4 is 22.9 Å². The van der Waals surface area contributed by atoms with Crippen LogP contribution in [0, 0.1) is 11.3 Å². The van der Waals surface area contributed by atoms with E-state index in [9.17, 15) is 14.9 Å². The summed E-state index contributed by atoms with van der Waals surface area (Å²) in [7, 11) is 0. The predicted octanol–water partition coefficient (Wildman–Crippen LogP) is 4.86. The van der Waals surface area contributed by atoms with Gasteiger partial charge in [-0.2, -0.15) is 10.4 Å². The second-order valence-electron chi connectivity index (χ2n) is 13.1. The summed E-state index contributed by atoms with van der Waals surface area (Å²) in [5.41, 5.74) is 5.01. The highest BCUT2D eigenvalue weighted by molar-refractivity contribution is 5.97. The molecule has 3 aromatic heterocycles. The summed E-state index contributed by atoms with van der Waals surface area (Å²) in [5.74, 6) is 0.108. The molecule has 2 N–H and O–H groups in total. The number of pyridine rings is 1. The van der Waals surface area contributed by atoms with Gasteiger partial charge in [0, 0.05) is 23.2 Å². The molecule has 0 bridgehead atoms. The van der Waals surface area contributed by atoms with Gasteiger partial charge in [0.1, 0.15) is 22.8 Å². The zero-order valence-corrected chi connectivity index (χ0v) is 24.1. The molecule has 10 nitrogen and oxygen atoms in total. The van der Waals surface area contributed by atoms with Crippen molar-refractivity contribution in [3.8, 4) is 17.2 Å². The molecule has 4 fully saturated rings. The van der Waals surface area contributed by atoms with Crippen molar-refractivity contribution in [2.45, 2.75) is 93.7 Å². The lowest BCUT2D eigenvalue weighted by atomic mass is 10.0. The first-order chi connectivity index (χ1) is 20.8. The zero-order valence-electron chi connectivity index (χ0n) is 24.1. The molecule has 4 aromatic rings. The number of carbonyl (C=O) groups excluding carboxylic acids is 2. The lowest BCUT2D eigenvalue weighted by molar-refractivity contribution is -0.123. The molecule has 0 spiro atoms. The van der Waals surface area contributed by atoms with Gasteiger partial charge in [0.2, 0.25) is 5.91 Å². The van der Waals surface area contributed by atoms with E-state index in [1.165, 1.54) is 12.8 Å². The van der Waals surface area contributed by atoms with E-state index in [1.807, 2.05) is 41.2 Å². The van der Waals surface area contributed by atoms with Crippen LogP contribution in [0.3, 0.4) is 0 Å². The summed E-state index contributed by atoms with van der Waals surface area (Å²) in [6.45, 7) is 2.17. The molecule has 4 saturated carbocycles. The van der Waals surface area contributed by atoms with Crippen LogP contribution in [0.4, 0.5) is 0 Å². The molecule has 2 amide bonds. The summed E-state index contributed by atoms with van der Waals surface area (Å²) < 4.78 is 7.98. The lowest BCUT2D eigenvalue weighted by Gasteiger charge is -2.19. The number of nitriles is 1. The molecular formula is C33H33N7O3. The molecule has 0 saturated heterocycles. The Morgan fingerprint density at radius 2 is 1.88 bits per heavy atom. The lowest BCUT2D eigenvalue weighted by Crippen LogP contribution is -2.51. The van der Waals surface area contributed by atoms with Crippen molar-refractivity contribution in [3.05, 3.63) is 65.6 Å². The van der Waals surface area contributed by atoms with Gasteiger partial charge < -0.3 is 15.1 Å². The van der Waals surface area contributed by atoms with Gasteiger partial charge in [0.15, 0.2) is 11.5 Å². The highest BCUT2D eigenvalue weighted by atomic mass is 16.3. The van der Waals surface area contributed by atoms with Crippen LogP contribution in [-0.4, -0.2) is 43.1 Å². The average Bonchev–Trinajstić information content (AvgIpc) is 3.82. The molecule has 0 radical (unpaired) electrons. The van der Waals surface area contributed by atoms with Crippen LogP contribution < -0.4 is 10.6 Å². The first-order valence-electron chi connectivity index (χ1n) is 15.3. The highest BCUT2D eigenvalue weighted by Gasteiger charge is 2.46. The summed E-state index contributed by atoms with van der Waals surface area (Å²) in [5, 5.41) is 20.2. The first kappa shape index (κ1) is 26.1. The fourth-order valence-electron chi connectivity index (χ4n) is 5.70. The largest absolute Gasteiger partial charge is 0.441 e. The Hall–Kier alpha value is -4.52. The first-order valence-corrected chi connectivity index (χ1v) is 15.3. The molecule has 0 aliphatic heterocycles. The molecule has 4 aliphatic carbocycles. The maximum absolute atomic E-state index is 13.7. The quantitative estimate of drug-likeness (QED) is 0.275. The molecular weight excluding hydrogens is 542 g/mol. The Morgan fingerprint density at radius 3 is 2.58 bits per heavy atom. The monoisotopic (exact) mass is 575 g/mol. The molecule has 1 atom stereocenters. The number of aromatic nitrogens is 4. The number of benzene rings is 1. The SMILES string of the molecule is CC1(c2cc(C(=O)NC(Cc3nc4ccc(-c5ccnc(C6CC6)c5)cc4o3)C(=O)NC3(C#N)CC3)n(C3CC3)n2)CC1. The van der Waals surface area contributed by atoms with Gasteiger partial charge in [-0.15, -0.1) is 0 Å². The van der Waals surface area contributed by atoms with E-state index >= 15 is 0 Å². The van der Waals surface area contributed by atoms with Crippen LogP contribution in [0.2, 0.25) is 0 Å². The van der Waals surface area contributed by atoms with E-state index < -0.39 is 17.5 Å². The van der Waals surface area contributed by atoms with Crippen molar-refractivity contribution in [3.63, 3.8) is 0 Å². The summed E-state index contributed by atoms with van der Waals surface area (Å²) in [6.07, 6.45) is 9.53. The number of rotatable bonds is 10. The highest BCUT2D eigenvalue weighted by Crippen LogP contribution is 2.48. The Balaban J connectivity index is 1.06. The van der Waals surface area contributed by atoms with Gasteiger partial charge in [-0.3, -0.25) is 19.3 Å². The van der Waals surface area contributed by atoms with Crippen LogP contribution in [-0.2, 0) is 16.6 Å². The van der Waals surface area contributed by atoms with Crippen molar-refractivity contribution < 1.29 is 14.0 Å². The van der Waals surface area contributed by atoms with Gasteiger partial charge in [0.25, 0.3) is 5.91 Å². The molecule has 3 heterocycles. The number of hydrogen-bond acceptors (Lipinski definition) is 7.